The summed E-state index contributed by atoms with van der Waals surface area (Å²) in [7, 11) is 0. The van der Waals surface area contributed by atoms with Crippen LogP contribution in [0.1, 0.15) is 31.1 Å². The minimum atomic E-state index is 0.239. The molecule has 1 aliphatic rings. The quantitative estimate of drug-likeness (QED) is 0.914. The minimum Gasteiger partial charge on any atom is -0.487 e. The fourth-order valence-electron chi connectivity index (χ4n) is 2.32. The third kappa shape index (κ3) is 2.67. The Morgan fingerprint density at radius 1 is 1.33 bits per heavy atom. The van der Waals surface area contributed by atoms with Crippen molar-refractivity contribution in [3.63, 3.8) is 0 Å². The number of benzene rings is 1. The number of fused-ring (bicyclic) bond motifs is 1. The monoisotopic (exact) mass is 289 g/mol. The van der Waals surface area contributed by atoms with Crippen molar-refractivity contribution in [2.24, 2.45) is 5.73 Å². The molecule has 1 aromatic carbocycles. The maximum atomic E-state index is 5.91. The lowest BCUT2D eigenvalue weighted by Crippen LogP contribution is -2.08. The van der Waals surface area contributed by atoms with Crippen LogP contribution in [-0.2, 0) is 13.2 Å². The Morgan fingerprint density at radius 3 is 2.81 bits per heavy atom. The Bertz CT molecular complexity index is 637. The third-order valence-corrected chi connectivity index (χ3v) is 3.45. The van der Waals surface area contributed by atoms with Crippen LogP contribution in [0, 0.1) is 0 Å². The normalized spacial score (nSPS) is 13.0. The van der Waals surface area contributed by atoms with E-state index in [0.29, 0.717) is 24.9 Å². The lowest BCUT2D eigenvalue weighted by atomic mass is 10.2. The molecule has 0 saturated heterocycles. The Balaban J connectivity index is 1.80. The summed E-state index contributed by atoms with van der Waals surface area (Å²) in [6.45, 7) is 5.28. The van der Waals surface area contributed by atoms with Crippen molar-refractivity contribution in [2.75, 3.05) is 6.79 Å². The zero-order valence-corrected chi connectivity index (χ0v) is 12.2. The van der Waals surface area contributed by atoms with Crippen molar-refractivity contribution in [1.82, 2.24) is 9.55 Å². The summed E-state index contributed by atoms with van der Waals surface area (Å²) in [4.78, 5) is 4.17. The highest BCUT2D eigenvalue weighted by molar-refractivity contribution is 5.51. The first-order valence-electron chi connectivity index (χ1n) is 6.95. The van der Waals surface area contributed by atoms with Crippen molar-refractivity contribution in [3.8, 4) is 17.2 Å². The predicted molar refractivity (Wildman–Crippen MR) is 77.4 cm³/mol. The number of nitrogens with two attached hydrogens (primary N) is 1. The average Bonchev–Trinajstić information content (AvgIpc) is 3.12. The summed E-state index contributed by atoms with van der Waals surface area (Å²) in [6.07, 6.45) is 3.63. The van der Waals surface area contributed by atoms with Gasteiger partial charge in [0, 0.05) is 24.2 Å². The average molecular weight is 289 g/mol. The number of imidazole rings is 1. The van der Waals surface area contributed by atoms with E-state index >= 15 is 0 Å². The van der Waals surface area contributed by atoms with Crippen LogP contribution in [0.3, 0.4) is 0 Å². The first-order valence-corrected chi connectivity index (χ1v) is 6.95. The molecule has 6 nitrogen and oxygen atoms in total. The van der Waals surface area contributed by atoms with E-state index in [1.54, 1.807) is 0 Å². The van der Waals surface area contributed by atoms with Gasteiger partial charge >= 0.3 is 0 Å². The molecule has 0 radical (unpaired) electrons. The van der Waals surface area contributed by atoms with E-state index in [4.69, 9.17) is 19.9 Å². The van der Waals surface area contributed by atoms with Gasteiger partial charge in [0.1, 0.15) is 12.4 Å². The van der Waals surface area contributed by atoms with Crippen molar-refractivity contribution in [2.45, 2.75) is 33.0 Å². The van der Waals surface area contributed by atoms with Crippen LogP contribution < -0.4 is 19.9 Å². The predicted octanol–water partition coefficient (Wildman–Crippen LogP) is 2.23. The second kappa shape index (κ2) is 5.65. The van der Waals surface area contributed by atoms with Crippen molar-refractivity contribution in [3.05, 3.63) is 35.9 Å². The van der Waals surface area contributed by atoms with Crippen LogP contribution in [0.5, 0.6) is 17.2 Å². The number of hydrogen-bond donors (Lipinski definition) is 1. The van der Waals surface area contributed by atoms with E-state index in [1.807, 2.05) is 24.7 Å². The summed E-state index contributed by atoms with van der Waals surface area (Å²) in [5.74, 6) is 2.13. The van der Waals surface area contributed by atoms with Crippen LogP contribution in [-0.4, -0.2) is 16.3 Å². The van der Waals surface area contributed by atoms with Gasteiger partial charge in [0.15, 0.2) is 11.5 Å². The molecule has 0 atom stereocenters. The molecule has 112 valence electrons. The molecule has 2 heterocycles. The van der Waals surface area contributed by atoms with E-state index in [1.165, 1.54) is 0 Å². The van der Waals surface area contributed by atoms with Gasteiger partial charge in [-0.3, -0.25) is 0 Å². The molecular weight excluding hydrogens is 270 g/mol. The van der Waals surface area contributed by atoms with Crippen molar-refractivity contribution < 1.29 is 14.2 Å². The SMILES string of the molecule is CC(C)n1cncc1COc1cc2c(cc1CN)OCO2. The molecule has 6 heteroatoms. The molecular formula is C15H19N3O3. The second-order valence-corrected chi connectivity index (χ2v) is 5.19. The second-order valence-electron chi connectivity index (χ2n) is 5.19. The first kappa shape index (κ1) is 13.8. The number of ether oxygens (including phenoxy) is 3. The molecule has 0 spiro atoms. The highest BCUT2D eigenvalue weighted by Gasteiger charge is 2.18. The van der Waals surface area contributed by atoms with Crippen LogP contribution in [0.15, 0.2) is 24.7 Å². The standard InChI is InChI=1S/C15H19N3O3/c1-10(2)18-8-17-6-12(18)7-19-13-4-15-14(20-9-21-15)3-11(13)5-16/h3-4,6,8,10H,5,7,9,16H2,1-2H3. The summed E-state index contributed by atoms with van der Waals surface area (Å²) >= 11 is 0. The molecule has 2 aromatic rings. The van der Waals surface area contributed by atoms with Crippen LogP contribution in [0.4, 0.5) is 0 Å². The van der Waals surface area contributed by atoms with Crippen molar-refractivity contribution >= 4 is 0 Å². The number of nitrogens with zero attached hydrogens (tertiary/aromatic N) is 2. The number of rotatable bonds is 5. The molecule has 0 unspecified atom stereocenters. The molecule has 1 aliphatic heterocycles. The zero-order chi connectivity index (χ0) is 14.8. The van der Waals surface area contributed by atoms with Gasteiger partial charge < -0.3 is 24.5 Å². The Morgan fingerprint density at radius 2 is 2.10 bits per heavy atom. The summed E-state index contributed by atoms with van der Waals surface area (Å²) < 4.78 is 18.7. The van der Waals surface area contributed by atoms with E-state index in [-0.39, 0.29) is 6.79 Å². The largest absolute Gasteiger partial charge is 0.487 e. The molecule has 0 fully saturated rings. The highest BCUT2D eigenvalue weighted by atomic mass is 16.7. The minimum absolute atomic E-state index is 0.239. The van der Waals surface area contributed by atoms with Crippen molar-refractivity contribution in [1.29, 1.82) is 0 Å². The number of aromatic nitrogens is 2. The maximum Gasteiger partial charge on any atom is 0.231 e. The molecule has 1 aromatic heterocycles. The summed E-state index contributed by atoms with van der Waals surface area (Å²) in [6, 6.07) is 4.05. The molecule has 0 saturated carbocycles. The van der Waals surface area contributed by atoms with E-state index in [0.717, 1.165) is 22.8 Å². The molecule has 2 N–H and O–H groups in total. The van der Waals surface area contributed by atoms with E-state index < -0.39 is 0 Å². The maximum absolute atomic E-state index is 5.91. The van der Waals surface area contributed by atoms with Gasteiger partial charge in [0.05, 0.1) is 18.2 Å². The van der Waals surface area contributed by atoms with Gasteiger partial charge in [-0.1, -0.05) is 0 Å². The summed E-state index contributed by atoms with van der Waals surface area (Å²) in [5.41, 5.74) is 7.70. The van der Waals surface area contributed by atoms with Gasteiger partial charge in [0.2, 0.25) is 6.79 Å². The smallest absolute Gasteiger partial charge is 0.231 e. The molecule has 0 bridgehead atoms. The number of hydrogen-bond acceptors (Lipinski definition) is 5. The van der Waals surface area contributed by atoms with Gasteiger partial charge in [-0.2, -0.15) is 0 Å². The molecule has 3 rings (SSSR count). The molecule has 0 aliphatic carbocycles. The molecule has 0 amide bonds. The lowest BCUT2D eigenvalue weighted by Gasteiger charge is -2.14. The Kier molecular flexibility index (Phi) is 3.70. The fraction of sp³-hybridized carbons (Fsp3) is 0.400. The van der Waals surface area contributed by atoms with Gasteiger partial charge in [-0.05, 0) is 19.9 Å². The summed E-state index contributed by atoms with van der Waals surface area (Å²) in [5, 5.41) is 0. The topological polar surface area (TPSA) is 71.5 Å². The molecule has 21 heavy (non-hydrogen) atoms. The fourth-order valence-corrected chi connectivity index (χ4v) is 2.32. The van der Waals surface area contributed by atoms with E-state index in [9.17, 15) is 0 Å². The van der Waals surface area contributed by atoms with Crippen LogP contribution in [0.2, 0.25) is 0 Å². The third-order valence-electron chi connectivity index (χ3n) is 3.45. The lowest BCUT2D eigenvalue weighted by molar-refractivity contribution is 0.173. The Hall–Kier alpha value is -2.21. The van der Waals surface area contributed by atoms with Gasteiger partial charge in [0.25, 0.3) is 0 Å². The van der Waals surface area contributed by atoms with E-state index in [2.05, 4.69) is 23.4 Å². The van der Waals surface area contributed by atoms with Gasteiger partial charge in [-0.25, -0.2) is 4.98 Å². The van der Waals surface area contributed by atoms with Gasteiger partial charge in [-0.15, -0.1) is 0 Å². The highest BCUT2D eigenvalue weighted by Crippen LogP contribution is 2.38. The van der Waals surface area contributed by atoms with Crippen LogP contribution in [0.25, 0.3) is 0 Å². The Labute approximate surface area is 123 Å². The zero-order valence-electron chi connectivity index (χ0n) is 12.2. The van der Waals surface area contributed by atoms with Crippen LogP contribution >= 0.6 is 0 Å². The first-order chi connectivity index (χ1) is 10.2.